The molecule has 5 heteroatoms. The van der Waals surface area contributed by atoms with Gasteiger partial charge in [0.2, 0.25) is 0 Å². The van der Waals surface area contributed by atoms with Crippen LogP contribution in [-0.2, 0) is 0 Å². The van der Waals surface area contributed by atoms with Crippen molar-refractivity contribution in [3.05, 3.63) is 54.6 Å². The number of aromatic nitrogens is 3. The zero-order valence-electron chi connectivity index (χ0n) is 11.1. The molecule has 3 rings (SSSR count). The van der Waals surface area contributed by atoms with Crippen LogP contribution in [0.15, 0.2) is 48.9 Å². The molecule has 0 aliphatic carbocycles. The number of hydrogen-bond donors (Lipinski definition) is 2. The van der Waals surface area contributed by atoms with Crippen LogP contribution in [0.25, 0.3) is 10.9 Å². The number of fused-ring (bicyclic) bond motifs is 1. The Kier molecular flexibility index (Phi) is 3.16. The molecular weight excluding hydrogens is 250 g/mol. The van der Waals surface area contributed by atoms with E-state index in [9.17, 15) is 0 Å². The fourth-order valence-electron chi connectivity index (χ4n) is 2.10. The molecule has 0 saturated heterocycles. The zero-order chi connectivity index (χ0) is 13.9. The first-order valence-electron chi connectivity index (χ1n) is 6.42. The van der Waals surface area contributed by atoms with E-state index in [1.807, 2.05) is 43.3 Å². The summed E-state index contributed by atoms with van der Waals surface area (Å²) in [4.78, 5) is 12.9. The number of rotatable bonds is 3. The summed E-state index contributed by atoms with van der Waals surface area (Å²) < 4.78 is 0. The molecule has 5 nitrogen and oxygen atoms in total. The van der Waals surface area contributed by atoms with Gasteiger partial charge in [-0.1, -0.05) is 6.07 Å². The van der Waals surface area contributed by atoms with Gasteiger partial charge in [0.15, 0.2) is 0 Å². The van der Waals surface area contributed by atoms with E-state index in [0.717, 1.165) is 22.4 Å². The summed E-state index contributed by atoms with van der Waals surface area (Å²) in [6.45, 7) is 2.05. The van der Waals surface area contributed by atoms with Gasteiger partial charge in [-0.2, -0.15) is 0 Å². The molecule has 20 heavy (non-hydrogen) atoms. The van der Waals surface area contributed by atoms with E-state index in [2.05, 4.69) is 20.3 Å². The molecule has 0 spiro atoms. The van der Waals surface area contributed by atoms with Crippen LogP contribution in [0.3, 0.4) is 0 Å². The largest absolute Gasteiger partial charge is 0.399 e. The SMILES string of the molecule is CC(Nc1ncnc2cc(N)ccc12)c1ccccn1. The van der Waals surface area contributed by atoms with Crippen LogP contribution in [0, 0.1) is 0 Å². The van der Waals surface area contributed by atoms with Crippen molar-refractivity contribution in [2.45, 2.75) is 13.0 Å². The fourth-order valence-corrected chi connectivity index (χ4v) is 2.10. The van der Waals surface area contributed by atoms with Crippen LogP contribution >= 0.6 is 0 Å². The van der Waals surface area contributed by atoms with Crippen molar-refractivity contribution < 1.29 is 0 Å². The van der Waals surface area contributed by atoms with Crippen molar-refractivity contribution in [2.75, 3.05) is 11.1 Å². The maximum absolute atomic E-state index is 5.78. The number of nitrogens with one attached hydrogen (secondary N) is 1. The molecule has 100 valence electrons. The van der Waals surface area contributed by atoms with E-state index in [4.69, 9.17) is 5.73 Å². The molecule has 2 aromatic heterocycles. The van der Waals surface area contributed by atoms with E-state index in [1.54, 1.807) is 6.20 Å². The highest BCUT2D eigenvalue weighted by atomic mass is 15.0. The van der Waals surface area contributed by atoms with Gasteiger partial charge >= 0.3 is 0 Å². The molecule has 1 unspecified atom stereocenters. The summed E-state index contributed by atoms with van der Waals surface area (Å²) in [7, 11) is 0. The van der Waals surface area contributed by atoms with Crippen molar-refractivity contribution in [3.8, 4) is 0 Å². The van der Waals surface area contributed by atoms with Crippen LogP contribution in [0.5, 0.6) is 0 Å². The monoisotopic (exact) mass is 265 g/mol. The summed E-state index contributed by atoms with van der Waals surface area (Å²) in [5.41, 5.74) is 8.27. The molecule has 0 fully saturated rings. The van der Waals surface area contributed by atoms with Gasteiger partial charge in [0.1, 0.15) is 12.1 Å². The third-order valence-electron chi connectivity index (χ3n) is 3.15. The lowest BCUT2D eigenvalue weighted by molar-refractivity contribution is 0.833. The molecule has 3 aromatic rings. The Hall–Kier alpha value is -2.69. The zero-order valence-corrected chi connectivity index (χ0v) is 11.1. The summed E-state index contributed by atoms with van der Waals surface area (Å²) in [5.74, 6) is 0.785. The number of nitrogens with zero attached hydrogens (tertiary/aromatic N) is 3. The first kappa shape index (κ1) is 12.3. The van der Waals surface area contributed by atoms with E-state index < -0.39 is 0 Å². The van der Waals surface area contributed by atoms with Crippen molar-refractivity contribution in [1.29, 1.82) is 0 Å². The quantitative estimate of drug-likeness (QED) is 0.712. The van der Waals surface area contributed by atoms with E-state index in [-0.39, 0.29) is 6.04 Å². The van der Waals surface area contributed by atoms with Gasteiger partial charge in [-0.3, -0.25) is 4.98 Å². The van der Waals surface area contributed by atoms with Crippen LogP contribution < -0.4 is 11.1 Å². The molecule has 2 heterocycles. The molecule has 0 radical (unpaired) electrons. The molecular formula is C15H15N5. The highest BCUT2D eigenvalue weighted by molar-refractivity contribution is 5.90. The molecule has 3 N–H and O–H groups in total. The summed E-state index contributed by atoms with van der Waals surface area (Å²) in [6.07, 6.45) is 3.32. The maximum atomic E-state index is 5.78. The van der Waals surface area contributed by atoms with Crippen molar-refractivity contribution >= 4 is 22.4 Å². The molecule has 0 aliphatic rings. The summed E-state index contributed by atoms with van der Waals surface area (Å²) in [6, 6.07) is 11.5. The second-order valence-corrected chi connectivity index (χ2v) is 4.62. The third-order valence-corrected chi connectivity index (χ3v) is 3.15. The average Bonchev–Trinajstić information content (AvgIpc) is 2.48. The predicted molar refractivity (Wildman–Crippen MR) is 80.2 cm³/mol. The van der Waals surface area contributed by atoms with Gasteiger partial charge in [-0.05, 0) is 37.3 Å². The molecule has 0 bridgehead atoms. The molecule has 1 aromatic carbocycles. The lowest BCUT2D eigenvalue weighted by Gasteiger charge is -2.15. The number of pyridine rings is 1. The lowest BCUT2D eigenvalue weighted by atomic mass is 10.2. The van der Waals surface area contributed by atoms with E-state index >= 15 is 0 Å². The van der Waals surface area contributed by atoms with Crippen LogP contribution in [0.1, 0.15) is 18.7 Å². The minimum atomic E-state index is 0.0619. The number of nitrogen functional groups attached to an aromatic ring is 1. The Morgan fingerprint density at radius 1 is 1.10 bits per heavy atom. The first-order chi connectivity index (χ1) is 9.74. The number of hydrogen-bond acceptors (Lipinski definition) is 5. The molecule has 0 saturated carbocycles. The van der Waals surface area contributed by atoms with Crippen molar-refractivity contribution in [3.63, 3.8) is 0 Å². The smallest absolute Gasteiger partial charge is 0.137 e. The average molecular weight is 265 g/mol. The summed E-state index contributed by atoms with van der Waals surface area (Å²) >= 11 is 0. The Morgan fingerprint density at radius 3 is 2.80 bits per heavy atom. The Morgan fingerprint density at radius 2 is 2.00 bits per heavy atom. The van der Waals surface area contributed by atoms with Crippen LogP contribution in [0.4, 0.5) is 11.5 Å². The first-order valence-corrected chi connectivity index (χ1v) is 6.42. The summed E-state index contributed by atoms with van der Waals surface area (Å²) in [5, 5.41) is 4.31. The fraction of sp³-hybridized carbons (Fsp3) is 0.133. The number of nitrogens with two attached hydrogens (primary N) is 1. The van der Waals surface area contributed by atoms with E-state index in [0.29, 0.717) is 5.69 Å². The van der Waals surface area contributed by atoms with Gasteiger partial charge in [0.05, 0.1) is 17.3 Å². The molecule has 0 aliphatic heterocycles. The van der Waals surface area contributed by atoms with Gasteiger partial charge in [-0.15, -0.1) is 0 Å². The minimum Gasteiger partial charge on any atom is -0.399 e. The lowest BCUT2D eigenvalue weighted by Crippen LogP contribution is -2.10. The second-order valence-electron chi connectivity index (χ2n) is 4.62. The molecule has 1 atom stereocenters. The van der Waals surface area contributed by atoms with Crippen molar-refractivity contribution in [1.82, 2.24) is 15.0 Å². The Balaban J connectivity index is 1.95. The topological polar surface area (TPSA) is 76.7 Å². The Labute approximate surface area is 116 Å². The van der Waals surface area contributed by atoms with Crippen LogP contribution in [-0.4, -0.2) is 15.0 Å². The highest BCUT2D eigenvalue weighted by Gasteiger charge is 2.10. The minimum absolute atomic E-state index is 0.0619. The molecule has 0 amide bonds. The van der Waals surface area contributed by atoms with Gasteiger partial charge in [0.25, 0.3) is 0 Å². The van der Waals surface area contributed by atoms with Gasteiger partial charge in [-0.25, -0.2) is 9.97 Å². The number of anilines is 2. The normalized spacial score (nSPS) is 12.2. The number of benzene rings is 1. The predicted octanol–water partition coefficient (Wildman–Crippen LogP) is 2.78. The van der Waals surface area contributed by atoms with Crippen molar-refractivity contribution in [2.24, 2.45) is 0 Å². The van der Waals surface area contributed by atoms with Gasteiger partial charge in [0, 0.05) is 17.3 Å². The maximum Gasteiger partial charge on any atom is 0.137 e. The van der Waals surface area contributed by atoms with Crippen LogP contribution in [0.2, 0.25) is 0 Å². The van der Waals surface area contributed by atoms with Gasteiger partial charge < -0.3 is 11.1 Å². The highest BCUT2D eigenvalue weighted by Crippen LogP contribution is 2.24. The Bertz CT molecular complexity index is 727. The van der Waals surface area contributed by atoms with E-state index in [1.165, 1.54) is 6.33 Å². The standard InChI is InChI=1S/C15H15N5/c1-10(13-4-2-3-7-17-13)20-15-12-6-5-11(16)8-14(12)18-9-19-15/h2-10H,16H2,1H3,(H,18,19,20). The third kappa shape index (κ3) is 2.38. The second kappa shape index (κ2) is 5.13.